The van der Waals surface area contributed by atoms with Gasteiger partial charge < -0.3 is 10.1 Å². The molecule has 0 atom stereocenters. The quantitative estimate of drug-likeness (QED) is 0.545. The number of aryl methyl sites for hydroxylation is 1. The second-order valence-corrected chi connectivity index (χ2v) is 6.83. The fraction of sp³-hybridized carbons (Fsp3) is 0.263. The summed E-state index contributed by atoms with van der Waals surface area (Å²) in [6.45, 7) is 1.34. The van der Waals surface area contributed by atoms with E-state index in [1.807, 2.05) is 31.2 Å². The van der Waals surface area contributed by atoms with Crippen molar-refractivity contribution in [2.24, 2.45) is 0 Å². The normalized spacial score (nSPS) is 11.1. The molecule has 2 aromatic carbocycles. The number of carbonyl (C=O) groups is 2. The van der Waals surface area contributed by atoms with E-state index in [1.54, 1.807) is 0 Å². The number of rotatable bonds is 7. The van der Waals surface area contributed by atoms with E-state index in [2.05, 4.69) is 5.32 Å². The highest BCUT2D eigenvalue weighted by Gasteiger charge is 2.33. The van der Waals surface area contributed by atoms with Crippen LogP contribution in [0.25, 0.3) is 0 Å². The Bertz CT molecular complexity index is 792. The summed E-state index contributed by atoms with van der Waals surface area (Å²) in [5, 5.41) is 2.12. The molecule has 0 bridgehead atoms. The van der Waals surface area contributed by atoms with Gasteiger partial charge in [-0.15, -0.1) is 11.8 Å². The maximum absolute atomic E-state index is 12.9. The van der Waals surface area contributed by atoms with Gasteiger partial charge in [0.2, 0.25) is 0 Å². The Hall–Kier alpha value is -2.48. The van der Waals surface area contributed by atoms with Crippen LogP contribution in [0, 0.1) is 6.92 Å². The van der Waals surface area contributed by atoms with E-state index in [0.717, 1.165) is 22.6 Å². The summed E-state index contributed by atoms with van der Waals surface area (Å²) in [5.74, 6) is -0.944. The third kappa shape index (κ3) is 6.97. The summed E-state index contributed by atoms with van der Waals surface area (Å²) in [4.78, 5) is 24.4. The topological polar surface area (TPSA) is 55.4 Å². The van der Waals surface area contributed by atoms with Gasteiger partial charge in [0.15, 0.2) is 6.61 Å². The number of hydrogen-bond acceptors (Lipinski definition) is 4. The third-order valence-corrected chi connectivity index (χ3v) is 4.48. The SMILES string of the molecule is Cc1ccc(SCCC(=O)OCC(=O)Nc2ccccc2C(F)(F)F)cc1. The van der Waals surface area contributed by atoms with Crippen LogP contribution in [0.15, 0.2) is 53.4 Å². The molecule has 27 heavy (non-hydrogen) atoms. The van der Waals surface area contributed by atoms with E-state index in [9.17, 15) is 22.8 Å². The molecule has 4 nitrogen and oxygen atoms in total. The first kappa shape index (κ1) is 20.8. The summed E-state index contributed by atoms with van der Waals surface area (Å²) in [6, 6.07) is 12.4. The summed E-state index contributed by atoms with van der Waals surface area (Å²) < 4.78 is 43.4. The number of alkyl halides is 3. The maximum Gasteiger partial charge on any atom is 0.418 e. The van der Waals surface area contributed by atoms with Gasteiger partial charge in [-0.1, -0.05) is 29.8 Å². The van der Waals surface area contributed by atoms with Crippen molar-refractivity contribution >= 4 is 29.3 Å². The maximum atomic E-state index is 12.9. The lowest BCUT2D eigenvalue weighted by molar-refractivity contribution is -0.147. The summed E-state index contributed by atoms with van der Waals surface area (Å²) >= 11 is 1.47. The predicted octanol–water partition coefficient (Wildman–Crippen LogP) is 4.68. The van der Waals surface area contributed by atoms with Gasteiger partial charge in [-0.2, -0.15) is 13.2 Å². The molecule has 8 heteroatoms. The number of esters is 1. The Balaban J connectivity index is 1.75. The second-order valence-electron chi connectivity index (χ2n) is 5.66. The number of carbonyl (C=O) groups excluding carboxylic acids is 2. The zero-order valence-corrected chi connectivity index (χ0v) is 15.3. The molecule has 0 saturated heterocycles. The van der Waals surface area contributed by atoms with Gasteiger partial charge in [0.1, 0.15) is 0 Å². The molecule has 0 saturated carbocycles. The van der Waals surface area contributed by atoms with Crippen LogP contribution < -0.4 is 5.32 Å². The van der Waals surface area contributed by atoms with E-state index in [1.165, 1.54) is 23.9 Å². The summed E-state index contributed by atoms with van der Waals surface area (Å²) in [7, 11) is 0. The van der Waals surface area contributed by atoms with E-state index >= 15 is 0 Å². The van der Waals surface area contributed by atoms with Crippen molar-refractivity contribution in [3.8, 4) is 0 Å². The fourth-order valence-electron chi connectivity index (χ4n) is 2.13. The minimum Gasteiger partial charge on any atom is -0.456 e. The number of anilines is 1. The molecule has 2 aromatic rings. The zero-order valence-electron chi connectivity index (χ0n) is 14.5. The molecular formula is C19H18F3NO3S. The average Bonchev–Trinajstić information content (AvgIpc) is 2.61. The summed E-state index contributed by atoms with van der Waals surface area (Å²) in [5.41, 5.74) is -0.197. The van der Waals surface area contributed by atoms with Crippen molar-refractivity contribution in [3.63, 3.8) is 0 Å². The lowest BCUT2D eigenvalue weighted by atomic mass is 10.1. The zero-order chi connectivity index (χ0) is 19.9. The van der Waals surface area contributed by atoms with Crippen molar-refractivity contribution in [1.29, 1.82) is 0 Å². The van der Waals surface area contributed by atoms with Gasteiger partial charge in [-0.05, 0) is 31.2 Å². The van der Waals surface area contributed by atoms with Gasteiger partial charge in [-0.3, -0.25) is 9.59 Å². The highest BCUT2D eigenvalue weighted by Crippen LogP contribution is 2.34. The van der Waals surface area contributed by atoms with Crippen LogP contribution >= 0.6 is 11.8 Å². The molecule has 0 spiro atoms. The molecular weight excluding hydrogens is 379 g/mol. The van der Waals surface area contributed by atoms with Crippen LogP contribution in [-0.2, 0) is 20.5 Å². The Morgan fingerprint density at radius 3 is 2.41 bits per heavy atom. The Morgan fingerprint density at radius 1 is 1.07 bits per heavy atom. The van der Waals surface area contributed by atoms with Gasteiger partial charge in [0, 0.05) is 10.6 Å². The number of para-hydroxylation sites is 1. The van der Waals surface area contributed by atoms with E-state index < -0.39 is 30.2 Å². The molecule has 0 heterocycles. The van der Waals surface area contributed by atoms with Gasteiger partial charge in [0.05, 0.1) is 17.7 Å². The van der Waals surface area contributed by atoms with Crippen molar-refractivity contribution in [3.05, 3.63) is 59.7 Å². The van der Waals surface area contributed by atoms with Gasteiger partial charge in [0.25, 0.3) is 5.91 Å². The monoisotopic (exact) mass is 397 g/mol. The Labute approximate surface area is 159 Å². The highest BCUT2D eigenvalue weighted by atomic mass is 32.2. The van der Waals surface area contributed by atoms with Gasteiger partial charge >= 0.3 is 12.1 Å². The van der Waals surface area contributed by atoms with Crippen LogP contribution in [0.5, 0.6) is 0 Å². The van der Waals surface area contributed by atoms with Crippen LogP contribution in [-0.4, -0.2) is 24.2 Å². The van der Waals surface area contributed by atoms with Crippen LogP contribution in [0.4, 0.5) is 18.9 Å². The van der Waals surface area contributed by atoms with Crippen LogP contribution in [0.2, 0.25) is 0 Å². The first-order valence-corrected chi connectivity index (χ1v) is 9.05. The van der Waals surface area contributed by atoms with Crippen molar-refractivity contribution < 1.29 is 27.5 Å². The third-order valence-electron chi connectivity index (χ3n) is 3.47. The van der Waals surface area contributed by atoms with Crippen molar-refractivity contribution in [1.82, 2.24) is 0 Å². The number of halogens is 3. The predicted molar refractivity (Wildman–Crippen MR) is 97.6 cm³/mol. The largest absolute Gasteiger partial charge is 0.456 e. The molecule has 0 radical (unpaired) electrons. The molecule has 144 valence electrons. The Kier molecular flexibility index (Phi) is 7.29. The molecule has 1 amide bonds. The average molecular weight is 397 g/mol. The number of ether oxygens (including phenoxy) is 1. The fourth-order valence-corrected chi connectivity index (χ4v) is 2.96. The standard InChI is InChI=1S/C19H18F3NO3S/c1-13-6-8-14(9-7-13)27-11-10-18(25)26-12-17(24)23-16-5-3-2-4-15(16)19(20,21)22/h2-9H,10-12H2,1H3,(H,23,24). The van der Waals surface area contributed by atoms with E-state index in [0.29, 0.717) is 5.75 Å². The number of hydrogen-bond donors (Lipinski definition) is 1. The minimum atomic E-state index is -4.59. The first-order valence-electron chi connectivity index (χ1n) is 8.07. The van der Waals surface area contributed by atoms with Crippen molar-refractivity contribution in [2.45, 2.75) is 24.4 Å². The van der Waals surface area contributed by atoms with E-state index in [-0.39, 0.29) is 12.1 Å². The van der Waals surface area contributed by atoms with Crippen LogP contribution in [0.1, 0.15) is 17.5 Å². The lowest BCUT2D eigenvalue weighted by Gasteiger charge is -2.13. The smallest absolute Gasteiger partial charge is 0.418 e. The molecule has 0 fully saturated rings. The second kappa shape index (κ2) is 9.45. The number of thioether (sulfide) groups is 1. The number of amides is 1. The molecule has 1 N–H and O–H groups in total. The molecule has 0 aliphatic carbocycles. The highest BCUT2D eigenvalue weighted by molar-refractivity contribution is 7.99. The molecule has 0 aliphatic rings. The number of benzene rings is 2. The minimum absolute atomic E-state index is 0.0883. The van der Waals surface area contributed by atoms with Gasteiger partial charge in [-0.25, -0.2) is 0 Å². The molecule has 0 unspecified atom stereocenters. The van der Waals surface area contributed by atoms with E-state index in [4.69, 9.17) is 4.74 Å². The van der Waals surface area contributed by atoms with Crippen LogP contribution in [0.3, 0.4) is 0 Å². The molecule has 2 rings (SSSR count). The van der Waals surface area contributed by atoms with Crippen molar-refractivity contribution in [2.75, 3.05) is 17.7 Å². The lowest BCUT2D eigenvalue weighted by Crippen LogP contribution is -2.22. The first-order chi connectivity index (χ1) is 12.8. The summed E-state index contributed by atoms with van der Waals surface area (Å²) in [6.07, 6.45) is -4.50. The molecule has 0 aliphatic heterocycles. The molecule has 0 aromatic heterocycles. The number of nitrogens with one attached hydrogen (secondary N) is 1. The Morgan fingerprint density at radius 2 is 1.74 bits per heavy atom.